The van der Waals surface area contributed by atoms with Gasteiger partial charge in [0.15, 0.2) is 0 Å². The molecule has 2 N–H and O–H groups in total. The van der Waals surface area contributed by atoms with E-state index in [1.807, 2.05) is 0 Å². The maximum Gasteiger partial charge on any atom is 0.270 e. The van der Waals surface area contributed by atoms with Gasteiger partial charge in [0.1, 0.15) is 0 Å². The molecule has 0 bridgehead atoms. The van der Waals surface area contributed by atoms with E-state index in [4.69, 9.17) is 5.73 Å². The van der Waals surface area contributed by atoms with Crippen molar-refractivity contribution >= 4 is 11.6 Å². The lowest BCUT2D eigenvalue weighted by Crippen LogP contribution is -2.31. The molecule has 6 heteroatoms. The first-order valence-electron chi connectivity index (χ1n) is 5.37. The van der Waals surface area contributed by atoms with Crippen LogP contribution in [0.25, 0.3) is 0 Å². The third-order valence-electron chi connectivity index (χ3n) is 2.82. The Labute approximate surface area is 98.2 Å². The third kappa shape index (κ3) is 2.42. The van der Waals surface area contributed by atoms with Gasteiger partial charge in [0, 0.05) is 36.8 Å². The average molecular weight is 235 g/mol. The molecular weight excluding hydrogens is 222 g/mol. The van der Waals surface area contributed by atoms with Gasteiger partial charge in [-0.1, -0.05) is 6.07 Å². The second kappa shape index (κ2) is 4.50. The first-order valence-corrected chi connectivity index (χ1v) is 5.37. The molecule has 0 radical (unpaired) electrons. The van der Waals surface area contributed by atoms with Gasteiger partial charge >= 0.3 is 0 Å². The summed E-state index contributed by atoms with van der Waals surface area (Å²) in [6.07, 6.45) is 0.778. The van der Waals surface area contributed by atoms with Crippen LogP contribution in [0.4, 0.5) is 5.69 Å². The Morgan fingerprint density at radius 2 is 2.29 bits per heavy atom. The maximum absolute atomic E-state index is 12.0. The van der Waals surface area contributed by atoms with E-state index in [0.717, 1.165) is 6.42 Å². The molecule has 6 nitrogen and oxygen atoms in total. The molecular formula is C11H13N3O3. The summed E-state index contributed by atoms with van der Waals surface area (Å²) in [5, 5.41) is 10.6. The van der Waals surface area contributed by atoms with Crippen LogP contribution in [0.15, 0.2) is 24.3 Å². The van der Waals surface area contributed by atoms with E-state index >= 15 is 0 Å². The molecule has 0 aliphatic carbocycles. The second-order valence-electron chi connectivity index (χ2n) is 4.11. The van der Waals surface area contributed by atoms with E-state index in [1.54, 1.807) is 11.0 Å². The van der Waals surface area contributed by atoms with Crippen molar-refractivity contribution in [2.75, 3.05) is 13.1 Å². The smallest absolute Gasteiger partial charge is 0.270 e. The van der Waals surface area contributed by atoms with Gasteiger partial charge in [-0.05, 0) is 12.5 Å². The second-order valence-corrected chi connectivity index (χ2v) is 4.11. The Morgan fingerprint density at radius 1 is 1.53 bits per heavy atom. The molecule has 0 saturated carbocycles. The zero-order valence-electron chi connectivity index (χ0n) is 9.20. The van der Waals surface area contributed by atoms with Gasteiger partial charge in [-0.2, -0.15) is 0 Å². The summed E-state index contributed by atoms with van der Waals surface area (Å²) < 4.78 is 0. The number of non-ortho nitro benzene ring substituents is 1. The number of nitrogens with two attached hydrogens (primary N) is 1. The van der Waals surface area contributed by atoms with Gasteiger partial charge in [0.25, 0.3) is 11.6 Å². The van der Waals surface area contributed by atoms with Gasteiger partial charge in [-0.3, -0.25) is 14.9 Å². The Balaban J connectivity index is 2.19. The lowest BCUT2D eigenvalue weighted by Gasteiger charge is -2.15. The van der Waals surface area contributed by atoms with Crippen LogP contribution >= 0.6 is 0 Å². The Kier molecular flexibility index (Phi) is 3.06. The highest BCUT2D eigenvalue weighted by Gasteiger charge is 2.25. The van der Waals surface area contributed by atoms with Gasteiger partial charge in [0.2, 0.25) is 0 Å². The number of hydrogen-bond donors (Lipinski definition) is 1. The van der Waals surface area contributed by atoms with Crippen LogP contribution in [0, 0.1) is 10.1 Å². The summed E-state index contributed by atoms with van der Waals surface area (Å²) in [5.74, 6) is -0.193. The summed E-state index contributed by atoms with van der Waals surface area (Å²) in [5.41, 5.74) is 5.99. The Hall–Kier alpha value is -1.95. The quantitative estimate of drug-likeness (QED) is 0.605. The first-order chi connectivity index (χ1) is 8.08. The standard InChI is InChI=1S/C11H13N3O3/c12-9-4-5-13(7-9)11(15)8-2-1-3-10(6-8)14(16)17/h1-3,6,9H,4-5,7,12H2/t9-/m1/s1. The molecule has 0 aromatic heterocycles. The van der Waals surface area contributed by atoms with Gasteiger partial charge in [-0.15, -0.1) is 0 Å². The van der Waals surface area contributed by atoms with E-state index in [2.05, 4.69) is 0 Å². The summed E-state index contributed by atoms with van der Waals surface area (Å²) in [6, 6.07) is 5.77. The monoisotopic (exact) mass is 235 g/mol. The fourth-order valence-corrected chi connectivity index (χ4v) is 1.91. The number of carbonyl (C=O) groups is 1. The van der Waals surface area contributed by atoms with Crippen molar-refractivity contribution in [3.8, 4) is 0 Å². The number of rotatable bonds is 2. The van der Waals surface area contributed by atoms with Crippen LogP contribution in [-0.2, 0) is 0 Å². The van der Waals surface area contributed by atoms with E-state index in [-0.39, 0.29) is 17.6 Å². The molecule has 1 aromatic rings. The Morgan fingerprint density at radius 3 is 2.88 bits per heavy atom. The van der Waals surface area contributed by atoms with Gasteiger partial charge < -0.3 is 10.6 Å². The van der Waals surface area contributed by atoms with Crippen molar-refractivity contribution in [2.24, 2.45) is 5.73 Å². The van der Waals surface area contributed by atoms with E-state index in [9.17, 15) is 14.9 Å². The number of nitrogens with zero attached hydrogens (tertiary/aromatic N) is 2. The fourth-order valence-electron chi connectivity index (χ4n) is 1.91. The first kappa shape index (κ1) is 11.5. The predicted octanol–water partition coefficient (Wildman–Crippen LogP) is 0.768. The minimum Gasteiger partial charge on any atom is -0.337 e. The highest BCUT2D eigenvalue weighted by atomic mass is 16.6. The summed E-state index contributed by atoms with van der Waals surface area (Å²) >= 11 is 0. The van der Waals surface area contributed by atoms with Crippen molar-refractivity contribution in [1.29, 1.82) is 0 Å². The minimum atomic E-state index is -0.507. The van der Waals surface area contributed by atoms with Gasteiger partial charge in [0.05, 0.1) is 4.92 Å². The number of carbonyl (C=O) groups excluding carboxylic acids is 1. The molecule has 1 saturated heterocycles. The molecule has 1 aliphatic rings. The van der Waals surface area contributed by atoms with Crippen molar-refractivity contribution in [2.45, 2.75) is 12.5 Å². The van der Waals surface area contributed by atoms with Crippen LogP contribution in [0.2, 0.25) is 0 Å². The molecule has 17 heavy (non-hydrogen) atoms. The SMILES string of the molecule is N[C@@H]1CCN(C(=O)c2cccc([N+](=O)[O-])c2)C1. The number of benzene rings is 1. The molecule has 90 valence electrons. The topological polar surface area (TPSA) is 89.5 Å². The zero-order valence-corrected chi connectivity index (χ0v) is 9.20. The Bertz CT molecular complexity index is 461. The molecule has 1 aliphatic heterocycles. The summed E-state index contributed by atoms with van der Waals surface area (Å²) in [6.45, 7) is 1.13. The number of nitro benzene ring substituents is 1. The van der Waals surface area contributed by atoms with Crippen LogP contribution in [-0.4, -0.2) is 34.9 Å². The lowest BCUT2D eigenvalue weighted by atomic mass is 10.2. The van der Waals surface area contributed by atoms with E-state index in [1.165, 1.54) is 18.2 Å². The lowest BCUT2D eigenvalue weighted by molar-refractivity contribution is -0.384. The van der Waals surface area contributed by atoms with Gasteiger partial charge in [-0.25, -0.2) is 0 Å². The van der Waals surface area contributed by atoms with E-state index < -0.39 is 4.92 Å². The molecule has 1 fully saturated rings. The van der Waals surface area contributed by atoms with Crippen LogP contribution in [0.5, 0.6) is 0 Å². The molecule has 1 aromatic carbocycles. The molecule has 1 heterocycles. The molecule has 0 unspecified atom stereocenters. The minimum absolute atomic E-state index is 0.0117. The van der Waals surface area contributed by atoms with Crippen LogP contribution in [0.1, 0.15) is 16.8 Å². The average Bonchev–Trinajstić information content (AvgIpc) is 2.75. The van der Waals surface area contributed by atoms with Crippen LogP contribution < -0.4 is 5.73 Å². The molecule has 1 atom stereocenters. The van der Waals surface area contributed by atoms with E-state index in [0.29, 0.717) is 18.7 Å². The number of amides is 1. The summed E-state index contributed by atoms with van der Waals surface area (Å²) in [7, 11) is 0. The maximum atomic E-state index is 12.0. The zero-order chi connectivity index (χ0) is 12.4. The summed E-state index contributed by atoms with van der Waals surface area (Å²) in [4.78, 5) is 23.7. The van der Waals surface area contributed by atoms with Crippen molar-refractivity contribution in [1.82, 2.24) is 4.90 Å². The molecule has 2 rings (SSSR count). The molecule has 1 amide bonds. The fraction of sp³-hybridized carbons (Fsp3) is 0.364. The number of likely N-dealkylation sites (tertiary alicyclic amines) is 1. The normalized spacial score (nSPS) is 19.4. The third-order valence-corrected chi connectivity index (χ3v) is 2.82. The number of nitro groups is 1. The largest absolute Gasteiger partial charge is 0.337 e. The predicted molar refractivity (Wildman–Crippen MR) is 61.6 cm³/mol. The van der Waals surface area contributed by atoms with Crippen LogP contribution in [0.3, 0.4) is 0 Å². The van der Waals surface area contributed by atoms with Crippen molar-refractivity contribution in [3.63, 3.8) is 0 Å². The highest BCUT2D eigenvalue weighted by Crippen LogP contribution is 2.17. The highest BCUT2D eigenvalue weighted by molar-refractivity contribution is 5.95. The van der Waals surface area contributed by atoms with Crippen molar-refractivity contribution in [3.05, 3.63) is 39.9 Å². The van der Waals surface area contributed by atoms with Crippen molar-refractivity contribution < 1.29 is 9.72 Å². The molecule has 0 spiro atoms. The number of hydrogen-bond acceptors (Lipinski definition) is 4.